The highest BCUT2D eigenvalue weighted by Gasteiger charge is 2.18. The summed E-state index contributed by atoms with van der Waals surface area (Å²) >= 11 is 7.90. The minimum absolute atomic E-state index is 0.157. The zero-order valence-corrected chi connectivity index (χ0v) is 12.5. The number of thiophene rings is 1. The number of thiazole rings is 1. The van der Waals surface area contributed by atoms with E-state index in [1.54, 1.807) is 12.3 Å². The molecule has 2 heterocycles. The molecule has 2 rings (SSSR count). The predicted molar refractivity (Wildman–Crippen MR) is 74.9 cm³/mol. The maximum absolute atomic E-state index is 12.0. The Kier molecular flexibility index (Phi) is 3.93. The summed E-state index contributed by atoms with van der Waals surface area (Å²) < 4.78 is 26.9. The number of hydrogen-bond donors (Lipinski definition) is 2. The van der Waals surface area contributed by atoms with Crippen molar-refractivity contribution in [1.82, 2.24) is 4.98 Å². The minimum atomic E-state index is -3.61. The molecule has 18 heavy (non-hydrogen) atoms. The van der Waals surface area contributed by atoms with E-state index in [1.165, 1.54) is 23.5 Å². The van der Waals surface area contributed by atoms with E-state index < -0.39 is 10.0 Å². The molecule has 2 aromatic rings. The lowest BCUT2D eigenvalue weighted by atomic mass is 10.3. The van der Waals surface area contributed by atoms with E-state index in [4.69, 9.17) is 17.3 Å². The number of nitrogens with two attached hydrogens (primary N) is 1. The Balaban J connectivity index is 2.22. The summed E-state index contributed by atoms with van der Waals surface area (Å²) in [6.45, 7) is 1.78. The van der Waals surface area contributed by atoms with Gasteiger partial charge in [0.15, 0.2) is 5.13 Å². The average molecular weight is 324 g/mol. The Morgan fingerprint density at radius 3 is 2.72 bits per heavy atom. The van der Waals surface area contributed by atoms with Crippen LogP contribution in [0.5, 0.6) is 0 Å². The fourth-order valence-electron chi connectivity index (χ4n) is 1.15. The highest BCUT2D eigenvalue weighted by atomic mass is 35.5. The van der Waals surface area contributed by atoms with E-state index in [9.17, 15) is 8.42 Å². The van der Waals surface area contributed by atoms with Gasteiger partial charge in [-0.05, 0) is 19.1 Å². The van der Waals surface area contributed by atoms with E-state index in [1.807, 2.05) is 0 Å². The molecule has 98 valence electrons. The third-order valence-corrected chi connectivity index (χ3v) is 5.99. The smallest absolute Gasteiger partial charge is 0.273 e. The Bertz CT molecular complexity index is 648. The molecule has 3 N–H and O–H groups in total. The minimum Gasteiger partial charge on any atom is -0.323 e. The summed E-state index contributed by atoms with van der Waals surface area (Å²) in [5.74, 6) is 0. The van der Waals surface area contributed by atoms with Gasteiger partial charge in [0.25, 0.3) is 10.0 Å². The molecule has 2 aromatic heterocycles. The summed E-state index contributed by atoms with van der Waals surface area (Å²) in [5.41, 5.74) is 6.31. The van der Waals surface area contributed by atoms with Gasteiger partial charge in [-0.3, -0.25) is 4.72 Å². The van der Waals surface area contributed by atoms with Crippen molar-refractivity contribution in [3.05, 3.63) is 27.5 Å². The Labute approximate surface area is 118 Å². The van der Waals surface area contributed by atoms with Gasteiger partial charge in [-0.1, -0.05) is 11.6 Å². The van der Waals surface area contributed by atoms with Crippen LogP contribution in [0.3, 0.4) is 0 Å². The molecule has 0 saturated carbocycles. The highest BCUT2D eigenvalue weighted by molar-refractivity contribution is 7.94. The second-order valence-corrected chi connectivity index (χ2v) is 8.01. The summed E-state index contributed by atoms with van der Waals surface area (Å²) in [6, 6.07) is 2.77. The van der Waals surface area contributed by atoms with Crippen LogP contribution < -0.4 is 10.5 Å². The Hall–Kier alpha value is -0.670. The molecule has 0 aliphatic carbocycles. The molecule has 0 bridgehead atoms. The summed E-state index contributed by atoms with van der Waals surface area (Å²) in [6.07, 6.45) is 0. The third-order valence-electron chi connectivity index (χ3n) is 2.02. The highest BCUT2D eigenvalue weighted by Crippen LogP contribution is 2.28. The predicted octanol–water partition coefficient (Wildman–Crippen LogP) is 2.68. The number of aromatic nitrogens is 1. The van der Waals surface area contributed by atoms with Crippen molar-refractivity contribution in [2.24, 2.45) is 5.73 Å². The van der Waals surface area contributed by atoms with Crippen LogP contribution in [0.2, 0.25) is 4.34 Å². The van der Waals surface area contributed by atoms with Gasteiger partial charge in [0.05, 0.1) is 10.0 Å². The lowest BCUT2D eigenvalue weighted by molar-refractivity contribution is 0.603. The Morgan fingerprint density at radius 1 is 1.50 bits per heavy atom. The lowest BCUT2D eigenvalue weighted by Gasteiger charge is -2.02. The first-order valence-electron chi connectivity index (χ1n) is 4.87. The number of nitrogens with one attached hydrogen (secondary N) is 1. The normalized spacial score (nSPS) is 13.5. The molecule has 5 nitrogen and oxygen atoms in total. The average Bonchev–Trinajstić information content (AvgIpc) is 2.86. The number of nitrogens with zero attached hydrogens (tertiary/aromatic N) is 1. The fourth-order valence-corrected chi connectivity index (χ4v) is 4.70. The van der Waals surface area contributed by atoms with E-state index in [2.05, 4.69) is 9.71 Å². The van der Waals surface area contributed by atoms with E-state index in [0.717, 1.165) is 11.3 Å². The van der Waals surface area contributed by atoms with Crippen molar-refractivity contribution in [3.63, 3.8) is 0 Å². The molecule has 0 fully saturated rings. The van der Waals surface area contributed by atoms with Gasteiger partial charge in [-0.2, -0.15) is 0 Å². The largest absolute Gasteiger partial charge is 0.323 e. The van der Waals surface area contributed by atoms with Crippen LogP contribution in [0.4, 0.5) is 5.13 Å². The van der Waals surface area contributed by atoms with Gasteiger partial charge in [0.2, 0.25) is 0 Å². The summed E-state index contributed by atoms with van der Waals surface area (Å²) in [7, 11) is -3.61. The summed E-state index contributed by atoms with van der Waals surface area (Å²) in [4.78, 5) is 4.10. The zero-order chi connectivity index (χ0) is 13.3. The SMILES string of the molecule is CC(N)c1csc(NS(=O)(=O)c2ccc(Cl)s2)n1. The maximum atomic E-state index is 12.0. The monoisotopic (exact) mass is 323 g/mol. The van der Waals surface area contributed by atoms with Gasteiger partial charge in [0.1, 0.15) is 4.21 Å². The van der Waals surface area contributed by atoms with Crippen molar-refractivity contribution in [1.29, 1.82) is 0 Å². The Morgan fingerprint density at radius 2 is 2.22 bits per heavy atom. The molecule has 0 aliphatic rings. The van der Waals surface area contributed by atoms with Crippen LogP contribution in [0.25, 0.3) is 0 Å². The van der Waals surface area contributed by atoms with Gasteiger partial charge in [-0.25, -0.2) is 13.4 Å². The quantitative estimate of drug-likeness (QED) is 0.905. The van der Waals surface area contributed by atoms with Crippen LogP contribution in [0.1, 0.15) is 18.7 Å². The topological polar surface area (TPSA) is 85.1 Å². The maximum Gasteiger partial charge on any atom is 0.273 e. The molecule has 0 amide bonds. The van der Waals surface area contributed by atoms with E-state index in [0.29, 0.717) is 15.2 Å². The van der Waals surface area contributed by atoms with E-state index in [-0.39, 0.29) is 10.3 Å². The first-order chi connectivity index (χ1) is 8.38. The van der Waals surface area contributed by atoms with Crippen LogP contribution >= 0.6 is 34.3 Å². The zero-order valence-electron chi connectivity index (χ0n) is 9.25. The molecule has 0 aromatic carbocycles. The summed E-state index contributed by atoms with van der Waals surface area (Å²) in [5, 5.41) is 2.02. The molecular weight excluding hydrogens is 314 g/mol. The van der Waals surface area contributed by atoms with Crippen molar-refractivity contribution in [2.45, 2.75) is 17.2 Å². The molecule has 0 aliphatic heterocycles. The number of rotatable bonds is 4. The van der Waals surface area contributed by atoms with Crippen molar-refractivity contribution >= 4 is 49.4 Å². The molecule has 0 saturated heterocycles. The second kappa shape index (κ2) is 5.14. The third kappa shape index (κ3) is 3.01. The molecular formula is C9H10ClN3O2S3. The van der Waals surface area contributed by atoms with Crippen LogP contribution in [0.15, 0.2) is 21.7 Å². The van der Waals surface area contributed by atoms with Gasteiger partial charge >= 0.3 is 0 Å². The molecule has 0 spiro atoms. The van der Waals surface area contributed by atoms with Crippen molar-refractivity contribution < 1.29 is 8.42 Å². The van der Waals surface area contributed by atoms with Crippen LogP contribution in [-0.2, 0) is 10.0 Å². The number of hydrogen-bond acceptors (Lipinski definition) is 6. The lowest BCUT2D eigenvalue weighted by Crippen LogP contribution is -2.12. The molecule has 0 radical (unpaired) electrons. The van der Waals surface area contributed by atoms with Gasteiger partial charge in [0, 0.05) is 11.4 Å². The molecule has 1 atom stereocenters. The number of sulfonamides is 1. The van der Waals surface area contributed by atoms with Crippen molar-refractivity contribution in [2.75, 3.05) is 4.72 Å². The standard InChI is InChI=1S/C9H10ClN3O2S3/c1-5(11)6-4-16-9(12-6)13-18(14,15)8-3-2-7(10)17-8/h2-5H,11H2,1H3,(H,12,13). The first kappa shape index (κ1) is 13.8. The number of halogens is 1. The van der Waals surface area contributed by atoms with Gasteiger partial charge < -0.3 is 5.73 Å². The molecule has 9 heteroatoms. The van der Waals surface area contributed by atoms with Crippen LogP contribution in [0, 0.1) is 0 Å². The van der Waals surface area contributed by atoms with E-state index >= 15 is 0 Å². The van der Waals surface area contributed by atoms with Gasteiger partial charge in [-0.15, -0.1) is 22.7 Å². The second-order valence-electron chi connectivity index (χ2n) is 3.53. The first-order valence-corrected chi connectivity index (χ1v) is 8.43. The van der Waals surface area contributed by atoms with Crippen molar-refractivity contribution in [3.8, 4) is 0 Å². The van der Waals surface area contributed by atoms with Crippen LogP contribution in [-0.4, -0.2) is 13.4 Å². The molecule has 1 unspecified atom stereocenters. The fraction of sp³-hybridized carbons (Fsp3) is 0.222. The number of anilines is 1.